The van der Waals surface area contributed by atoms with E-state index in [2.05, 4.69) is 87.6 Å². The fraction of sp³-hybridized carbons (Fsp3) is 0.676. The molecule has 0 aliphatic rings. The fourth-order valence-corrected chi connectivity index (χ4v) is 5.41. The molecule has 0 spiro atoms. The van der Waals surface area contributed by atoms with Crippen LogP contribution in [0, 0.1) is 0 Å². The quantitative estimate of drug-likeness (QED) is 0.0644. The molecule has 1 heteroatoms. The molecule has 0 aliphatic carbocycles. The lowest BCUT2D eigenvalue weighted by Gasteiger charge is -2.39. The van der Waals surface area contributed by atoms with Crippen molar-refractivity contribution in [2.24, 2.45) is 0 Å². The van der Waals surface area contributed by atoms with Gasteiger partial charge >= 0.3 is 0 Å². The van der Waals surface area contributed by atoms with E-state index in [1.54, 1.807) is 0 Å². The van der Waals surface area contributed by atoms with Crippen LogP contribution in [0.25, 0.3) is 0 Å². The van der Waals surface area contributed by atoms with E-state index in [1.807, 2.05) is 0 Å². The summed E-state index contributed by atoms with van der Waals surface area (Å²) in [7, 11) is 0. The molecule has 0 atom stereocenters. The minimum Gasteiger partial charge on any atom is -0.320 e. The molecule has 0 heterocycles. The summed E-state index contributed by atoms with van der Waals surface area (Å²) in [6.07, 6.45) is 37.9. The van der Waals surface area contributed by atoms with E-state index in [0.717, 1.165) is 0 Å². The van der Waals surface area contributed by atoms with E-state index in [0.29, 0.717) is 0 Å². The summed E-state index contributed by atoms with van der Waals surface area (Å²) < 4.78 is 1.30. The van der Waals surface area contributed by atoms with Gasteiger partial charge in [0.25, 0.3) is 0 Å². The van der Waals surface area contributed by atoms with Crippen LogP contribution >= 0.6 is 0 Å². The second kappa shape index (κ2) is 25.7. The Morgan fingerprint density at radius 2 is 0.816 bits per heavy atom. The molecule has 1 aromatic carbocycles. The van der Waals surface area contributed by atoms with Crippen LogP contribution in [0.2, 0.25) is 0 Å². The number of nitrogens with zero attached hydrogens (tertiary/aromatic N) is 1. The van der Waals surface area contributed by atoms with Gasteiger partial charge in [0.2, 0.25) is 0 Å². The van der Waals surface area contributed by atoms with Crippen LogP contribution in [0.15, 0.2) is 66.8 Å². The van der Waals surface area contributed by atoms with E-state index < -0.39 is 0 Å². The molecule has 0 bridgehead atoms. The number of rotatable bonds is 26. The van der Waals surface area contributed by atoms with Crippen LogP contribution in [0.4, 0.5) is 0 Å². The van der Waals surface area contributed by atoms with Gasteiger partial charge in [0, 0.05) is 5.56 Å². The second-order valence-corrected chi connectivity index (χ2v) is 11.5. The lowest BCUT2D eigenvalue weighted by molar-refractivity contribution is -0.941. The molecule has 216 valence electrons. The third-order valence-electron chi connectivity index (χ3n) is 7.74. The highest BCUT2D eigenvalue weighted by molar-refractivity contribution is 5.13. The Hall–Kier alpha value is -1.60. The summed E-state index contributed by atoms with van der Waals surface area (Å²) in [5, 5.41) is 0. The third-order valence-corrected chi connectivity index (χ3v) is 7.74. The van der Waals surface area contributed by atoms with E-state index in [4.69, 9.17) is 0 Å². The summed E-state index contributed by atoms with van der Waals surface area (Å²) in [5.41, 5.74) is 1.53. The standard InChI is InChI=1S/C37H64N/c1-4-7-10-13-16-19-22-28-33-38(36-37-31-26-25-27-32-37,34-29-23-20-17-14-11-8-5-2)35-30-24-21-18-15-12-9-6-3/h10-15,25-27,31-32H,4-9,16-24,28-30,33-36H2,1-3H3/q+1/b13-10+,14-11+,15-12+. The summed E-state index contributed by atoms with van der Waals surface area (Å²) in [4.78, 5) is 0. The smallest absolute Gasteiger partial charge is 0.104 e. The first-order chi connectivity index (χ1) is 18.8. The monoisotopic (exact) mass is 523 g/mol. The fourth-order valence-electron chi connectivity index (χ4n) is 5.41. The average Bonchev–Trinajstić information content (AvgIpc) is 2.93. The highest BCUT2D eigenvalue weighted by Gasteiger charge is 2.26. The molecule has 0 fully saturated rings. The molecule has 38 heavy (non-hydrogen) atoms. The van der Waals surface area contributed by atoms with Crippen LogP contribution in [0.5, 0.6) is 0 Å². The maximum atomic E-state index is 2.42. The maximum Gasteiger partial charge on any atom is 0.104 e. The van der Waals surface area contributed by atoms with Gasteiger partial charge in [-0.2, -0.15) is 0 Å². The maximum absolute atomic E-state index is 2.42. The molecule has 0 radical (unpaired) electrons. The zero-order chi connectivity index (χ0) is 27.4. The Bertz CT molecular complexity index is 634. The van der Waals surface area contributed by atoms with Crippen LogP contribution in [-0.4, -0.2) is 24.1 Å². The lowest BCUT2D eigenvalue weighted by Crippen LogP contribution is -2.49. The Kier molecular flexibility index (Phi) is 23.3. The number of allylic oxidation sites excluding steroid dienone is 6. The Labute approximate surface area is 239 Å². The molecule has 0 aliphatic heterocycles. The van der Waals surface area contributed by atoms with Crippen LogP contribution in [0.3, 0.4) is 0 Å². The minimum absolute atomic E-state index is 1.21. The molecule has 0 saturated heterocycles. The molecule has 0 aromatic heterocycles. The minimum atomic E-state index is 1.21. The van der Waals surface area contributed by atoms with Gasteiger partial charge in [-0.05, 0) is 96.3 Å². The first-order valence-electron chi connectivity index (χ1n) is 16.6. The number of quaternary nitrogens is 1. The summed E-state index contributed by atoms with van der Waals surface area (Å²) in [5.74, 6) is 0. The summed E-state index contributed by atoms with van der Waals surface area (Å²) >= 11 is 0. The van der Waals surface area contributed by atoms with E-state index in [1.165, 1.54) is 152 Å². The topological polar surface area (TPSA) is 0 Å². The number of unbranched alkanes of at least 4 members (excludes halogenated alkanes) is 12. The van der Waals surface area contributed by atoms with Gasteiger partial charge in [0.15, 0.2) is 0 Å². The Morgan fingerprint density at radius 1 is 0.447 bits per heavy atom. The van der Waals surface area contributed by atoms with Crippen LogP contribution < -0.4 is 0 Å². The first kappa shape index (κ1) is 34.4. The summed E-state index contributed by atoms with van der Waals surface area (Å²) in [6, 6.07) is 11.4. The highest BCUT2D eigenvalue weighted by atomic mass is 15.3. The lowest BCUT2D eigenvalue weighted by atomic mass is 10.1. The van der Waals surface area contributed by atoms with Gasteiger partial charge in [-0.3, -0.25) is 0 Å². The van der Waals surface area contributed by atoms with Crippen molar-refractivity contribution >= 4 is 0 Å². The normalized spacial score (nSPS) is 12.5. The van der Waals surface area contributed by atoms with Crippen LogP contribution in [-0.2, 0) is 6.54 Å². The molecule has 0 saturated carbocycles. The first-order valence-corrected chi connectivity index (χ1v) is 16.6. The highest BCUT2D eigenvalue weighted by Crippen LogP contribution is 2.22. The van der Waals surface area contributed by atoms with Crippen molar-refractivity contribution in [3.05, 3.63) is 72.4 Å². The molecule has 1 aromatic rings. The van der Waals surface area contributed by atoms with Gasteiger partial charge in [-0.1, -0.05) is 107 Å². The van der Waals surface area contributed by atoms with Crippen LogP contribution in [0.1, 0.15) is 142 Å². The molecule has 0 amide bonds. The zero-order valence-corrected chi connectivity index (χ0v) is 25.9. The third kappa shape index (κ3) is 19.5. The van der Waals surface area contributed by atoms with E-state index >= 15 is 0 Å². The van der Waals surface area contributed by atoms with E-state index in [9.17, 15) is 0 Å². The predicted molar refractivity (Wildman–Crippen MR) is 173 cm³/mol. The average molecular weight is 523 g/mol. The predicted octanol–water partition coefficient (Wildman–Crippen LogP) is 11.8. The van der Waals surface area contributed by atoms with Crippen molar-refractivity contribution in [2.45, 2.75) is 143 Å². The zero-order valence-electron chi connectivity index (χ0n) is 25.9. The molecule has 0 N–H and O–H groups in total. The van der Waals surface area contributed by atoms with Gasteiger partial charge < -0.3 is 4.48 Å². The number of benzene rings is 1. The molecule has 1 rings (SSSR count). The van der Waals surface area contributed by atoms with Crippen molar-refractivity contribution in [3.8, 4) is 0 Å². The number of hydrogen-bond donors (Lipinski definition) is 0. The Balaban J connectivity index is 2.72. The second-order valence-electron chi connectivity index (χ2n) is 11.5. The molecular weight excluding hydrogens is 458 g/mol. The largest absolute Gasteiger partial charge is 0.320 e. The van der Waals surface area contributed by atoms with E-state index in [-0.39, 0.29) is 0 Å². The van der Waals surface area contributed by atoms with Crippen molar-refractivity contribution in [3.63, 3.8) is 0 Å². The van der Waals surface area contributed by atoms with Crippen molar-refractivity contribution in [1.29, 1.82) is 0 Å². The van der Waals surface area contributed by atoms with Gasteiger partial charge in [-0.25, -0.2) is 0 Å². The Morgan fingerprint density at radius 3 is 1.18 bits per heavy atom. The van der Waals surface area contributed by atoms with Crippen molar-refractivity contribution in [1.82, 2.24) is 0 Å². The molecule has 1 nitrogen and oxygen atoms in total. The van der Waals surface area contributed by atoms with Crippen molar-refractivity contribution < 1.29 is 4.48 Å². The number of hydrogen-bond acceptors (Lipinski definition) is 0. The SMILES string of the molecule is CCC/C=C/CCCCC[N+](CCCCC/C=C/CCC)(CCCCC/C=C/CCC)Cc1ccccc1. The molecule has 0 unspecified atom stereocenters. The van der Waals surface area contributed by atoms with Gasteiger partial charge in [0.1, 0.15) is 6.54 Å². The molecular formula is C37H64N+. The van der Waals surface area contributed by atoms with Crippen molar-refractivity contribution in [2.75, 3.05) is 19.6 Å². The van der Waals surface area contributed by atoms with Gasteiger partial charge in [0.05, 0.1) is 19.6 Å². The van der Waals surface area contributed by atoms with Gasteiger partial charge in [-0.15, -0.1) is 0 Å². The summed E-state index contributed by atoms with van der Waals surface area (Å²) in [6.45, 7) is 12.0.